The quantitative estimate of drug-likeness (QED) is 0.397. The van der Waals surface area contributed by atoms with Crippen LogP contribution >= 0.6 is 0 Å². The Morgan fingerprint density at radius 3 is 2.57 bits per heavy atom. The number of rotatable bonds is 8. The molecule has 0 radical (unpaired) electrons. The Kier molecular flexibility index (Phi) is 7.67. The monoisotopic (exact) mass is 380 g/mol. The van der Waals surface area contributed by atoms with E-state index in [0.717, 1.165) is 41.2 Å². The summed E-state index contributed by atoms with van der Waals surface area (Å²) in [7, 11) is 1.42. The number of ether oxygens (including phenoxy) is 2. The predicted octanol–water partition coefficient (Wildman–Crippen LogP) is 6.33. The second-order valence-corrected chi connectivity index (χ2v) is 7.89. The van der Waals surface area contributed by atoms with Crippen LogP contribution in [0.25, 0.3) is 11.1 Å². The molecule has 0 N–H and O–H groups in total. The van der Waals surface area contributed by atoms with Gasteiger partial charge in [-0.25, -0.2) is 4.79 Å². The average molecular weight is 381 g/mol. The molecule has 3 nitrogen and oxygen atoms in total. The zero-order valence-corrected chi connectivity index (χ0v) is 17.2. The van der Waals surface area contributed by atoms with Gasteiger partial charge in [-0.2, -0.15) is 0 Å². The van der Waals surface area contributed by atoms with Gasteiger partial charge in [-0.15, -0.1) is 0 Å². The first-order valence-electron chi connectivity index (χ1n) is 10.5. The van der Waals surface area contributed by atoms with Crippen molar-refractivity contribution in [2.75, 3.05) is 13.7 Å². The van der Waals surface area contributed by atoms with Crippen LogP contribution in [-0.4, -0.2) is 19.7 Å². The first-order valence-corrected chi connectivity index (χ1v) is 10.5. The van der Waals surface area contributed by atoms with Crippen molar-refractivity contribution in [2.24, 2.45) is 5.92 Å². The molecule has 3 heteroatoms. The molecule has 1 fully saturated rings. The maximum Gasteiger partial charge on any atom is 0.338 e. The zero-order chi connectivity index (χ0) is 19.8. The normalized spacial score (nSPS) is 14.8. The molecule has 0 amide bonds. The van der Waals surface area contributed by atoms with Crippen LogP contribution in [0.2, 0.25) is 0 Å². The standard InChI is InChI=1S/C25H32O3/c1-19-9-6-7-13-22(19)24-17-21(14-15-23(24)25(26)27-2)18-28-16-8-12-20-10-4-3-5-11-20/h6-7,9,13-15,17,20H,3-5,8,10-12,16,18H2,1-2H3. The first kappa shape index (κ1) is 20.6. The lowest BCUT2D eigenvalue weighted by molar-refractivity contribution is 0.0601. The maximum atomic E-state index is 12.2. The SMILES string of the molecule is COC(=O)c1ccc(COCCCC2CCCCC2)cc1-c1ccccc1C. The molecule has 0 heterocycles. The summed E-state index contributed by atoms with van der Waals surface area (Å²) in [5.74, 6) is 0.600. The molecule has 0 aromatic heterocycles. The van der Waals surface area contributed by atoms with Gasteiger partial charge in [-0.05, 0) is 60.1 Å². The Labute approximate surface area is 169 Å². The fourth-order valence-electron chi connectivity index (χ4n) is 4.21. The molecule has 0 aliphatic heterocycles. The highest BCUT2D eigenvalue weighted by atomic mass is 16.5. The van der Waals surface area contributed by atoms with E-state index >= 15 is 0 Å². The Morgan fingerprint density at radius 1 is 1.04 bits per heavy atom. The van der Waals surface area contributed by atoms with Crippen LogP contribution in [0.4, 0.5) is 0 Å². The van der Waals surface area contributed by atoms with Gasteiger partial charge in [0.25, 0.3) is 0 Å². The second kappa shape index (κ2) is 10.4. The average Bonchev–Trinajstić information content (AvgIpc) is 2.74. The molecule has 2 aromatic carbocycles. The van der Waals surface area contributed by atoms with Crippen LogP contribution in [0.3, 0.4) is 0 Å². The molecule has 1 aliphatic carbocycles. The Balaban J connectivity index is 1.63. The van der Waals surface area contributed by atoms with Crippen LogP contribution in [0, 0.1) is 12.8 Å². The number of carbonyl (C=O) groups excluding carboxylic acids is 1. The largest absolute Gasteiger partial charge is 0.465 e. The summed E-state index contributed by atoms with van der Waals surface area (Å²) in [5, 5.41) is 0. The third-order valence-electron chi connectivity index (χ3n) is 5.82. The summed E-state index contributed by atoms with van der Waals surface area (Å²) in [4.78, 5) is 12.2. The van der Waals surface area contributed by atoms with E-state index in [-0.39, 0.29) is 5.97 Å². The second-order valence-electron chi connectivity index (χ2n) is 7.89. The number of aryl methyl sites for hydroxylation is 1. The summed E-state index contributed by atoms with van der Waals surface area (Å²) in [5.41, 5.74) is 4.79. The fourth-order valence-corrected chi connectivity index (χ4v) is 4.21. The predicted molar refractivity (Wildman–Crippen MR) is 113 cm³/mol. The van der Waals surface area contributed by atoms with Crippen molar-refractivity contribution < 1.29 is 14.3 Å². The van der Waals surface area contributed by atoms with Gasteiger partial charge in [-0.3, -0.25) is 0 Å². The van der Waals surface area contributed by atoms with Crippen LogP contribution in [0.1, 0.15) is 66.4 Å². The molecule has 3 rings (SSSR count). The van der Waals surface area contributed by atoms with Crippen molar-refractivity contribution in [3.8, 4) is 11.1 Å². The molecule has 0 unspecified atom stereocenters. The van der Waals surface area contributed by atoms with Gasteiger partial charge in [-0.1, -0.05) is 62.4 Å². The number of esters is 1. The summed E-state index contributed by atoms with van der Waals surface area (Å²) in [6.45, 7) is 3.44. The van der Waals surface area contributed by atoms with Crippen LogP contribution in [0.5, 0.6) is 0 Å². The Bertz CT molecular complexity index is 775. The first-order chi connectivity index (χ1) is 13.7. The van der Waals surface area contributed by atoms with E-state index in [2.05, 4.69) is 19.1 Å². The van der Waals surface area contributed by atoms with Crippen molar-refractivity contribution >= 4 is 5.97 Å². The minimum atomic E-state index is -0.307. The van der Waals surface area contributed by atoms with Crippen molar-refractivity contribution in [1.29, 1.82) is 0 Å². The lowest BCUT2D eigenvalue weighted by Gasteiger charge is -2.21. The maximum absolute atomic E-state index is 12.2. The van der Waals surface area contributed by atoms with Crippen molar-refractivity contribution in [1.82, 2.24) is 0 Å². The molecule has 28 heavy (non-hydrogen) atoms. The zero-order valence-electron chi connectivity index (χ0n) is 17.2. The molecular formula is C25H32O3. The van der Waals surface area contributed by atoms with E-state index in [1.54, 1.807) is 0 Å². The third-order valence-corrected chi connectivity index (χ3v) is 5.82. The van der Waals surface area contributed by atoms with E-state index in [0.29, 0.717) is 12.2 Å². The van der Waals surface area contributed by atoms with Gasteiger partial charge < -0.3 is 9.47 Å². The van der Waals surface area contributed by atoms with Crippen molar-refractivity contribution in [3.05, 3.63) is 59.2 Å². The van der Waals surface area contributed by atoms with Gasteiger partial charge in [0.2, 0.25) is 0 Å². The van der Waals surface area contributed by atoms with E-state index in [4.69, 9.17) is 9.47 Å². The fraction of sp³-hybridized carbons (Fsp3) is 0.480. The van der Waals surface area contributed by atoms with Crippen LogP contribution < -0.4 is 0 Å². The van der Waals surface area contributed by atoms with E-state index in [9.17, 15) is 4.79 Å². The van der Waals surface area contributed by atoms with E-state index < -0.39 is 0 Å². The lowest BCUT2D eigenvalue weighted by Crippen LogP contribution is -2.08. The van der Waals surface area contributed by atoms with Gasteiger partial charge in [0.15, 0.2) is 0 Å². The molecule has 0 atom stereocenters. The third kappa shape index (κ3) is 5.45. The van der Waals surface area contributed by atoms with Gasteiger partial charge in [0.05, 0.1) is 19.3 Å². The number of hydrogen-bond acceptors (Lipinski definition) is 3. The summed E-state index contributed by atoms with van der Waals surface area (Å²) < 4.78 is 10.9. The van der Waals surface area contributed by atoms with Gasteiger partial charge in [0, 0.05) is 6.61 Å². The molecule has 0 saturated heterocycles. The summed E-state index contributed by atoms with van der Waals surface area (Å²) in [6, 6.07) is 14.0. The molecule has 0 bridgehead atoms. The van der Waals surface area contributed by atoms with Gasteiger partial charge in [0.1, 0.15) is 0 Å². The van der Waals surface area contributed by atoms with E-state index in [1.807, 2.05) is 30.3 Å². The molecule has 150 valence electrons. The minimum Gasteiger partial charge on any atom is -0.465 e. The number of benzene rings is 2. The van der Waals surface area contributed by atoms with Crippen molar-refractivity contribution in [2.45, 2.75) is 58.5 Å². The molecule has 0 spiro atoms. The highest BCUT2D eigenvalue weighted by molar-refractivity contribution is 5.97. The number of methoxy groups -OCH3 is 1. The smallest absolute Gasteiger partial charge is 0.338 e. The summed E-state index contributed by atoms with van der Waals surface area (Å²) >= 11 is 0. The van der Waals surface area contributed by atoms with Crippen molar-refractivity contribution in [3.63, 3.8) is 0 Å². The topological polar surface area (TPSA) is 35.5 Å². The highest BCUT2D eigenvalue weighted by Crippen LogP contribution is 2.29. The summed E-state index contributed by atoms with van der Waals surface area (Å²) in [6.07, 6.45) is 9.44. The molecule has 2 aromatic rings. The van der Waals surface area contributed by atoms with Gasteiger partial charge >= 0.3 is 5.97 Å². The Hall–Kier alpha value is -2.13. The number of carbonyl (C=O) groups is 1. The number of hydrogen-bond donors (Lipinski definition) is 0. The Morgan fingerprint density at radius 2 is 1.82 bits per heavy atom. The van der Waals surface area contributed by atoms with E-state index in [1.165, 1.54) is 45.6 Å². The van der Waals surface area contributed by atoms with Crippen LogP contribution in [-0.2, 0) is 16.1 Å². The minimum absolute atomic E-state index is 0.307. The lowest BCUT2D eigenvalue weighted by atomic mass is 9.86. The molecule has 1 saturated carbocycles. The highest BCUT2D eigenvalue weighted by Gasteiger charge is 2.16. The van der Waals surface area contributed by atoms with Crippen LogP contribution in [0.15, 0.2) is 42.5 Å². The molecule has 1 aliphatic rings. The molecular weight excluding hydrogens is 348 g/mol.